The molecule has 4 N–H and O–H groups in total. The molecule has 1 aromatic carbocycles. The molecule has 2 amide bonds. The van der Waals surface area contributed by atoms with E-state index in [1.807, 2.05) is 18.2 Å². The van der Waals surface area contributed by atoms with Gasteiger partial charge in [0.2, 0.25) is 0 Å². The van der Waals surface area contributed by atoms with Crippen LogP contribution in [0, 0.1) is 0 Å². The van der Waals surface area contributed by atoms with Crippen molar-refractivity contribution in [1.29, 1.82) is 0 Å². The van der Waals surface area contributed by atoms with E-state index in [1.165, 1.54) is 16.4 Å². The number of hydrogen-bond donors (Lipinski definition) is 4. The number of thiazole rings is 1. The molecular weight excluding hydrogens is 311 g/mol. The van der Waals surface area contributed by atoms with E-state index in [1.54, 1.807) is 6.07 Å². The zero-order chi connectivity index (χ0) is 12.5. The van der Waals surface area contributed by atoms with Gasteiger partial charge in [-0.15, -0.1) is 0 Å². The first-order chi connectivity index (χ1) is 7.94. The Balaban J connectivity index is 0.00000162. The van der Waals surface area contributed by atoms with Crippen molar-refractivity contribution in [2.24, 2.45) is 0 Å². The molecule has 0 bridgehead atoms. The summed E-state index contributed by atoms with van der Waals surface area (Å²) >= 11 is 1.22. The Kier molecular flexibility index (Phi) is 8.32. The van der Waals surface area contributed by atoms with Crippen LogP contribution in [0.4, 0.5) is 9.93 Å². The van der Waals surface area contributed by atoms with Crippen molar-refractivity contribution in [3.63, 3.8) is 0 Å². The number of carbonyl (C=O) groups excluding carboxylic acids is 1. The van der Waals surface area contributed by atoms with Crippen LogP contribution in [-0.2, 0) is 4.57 Å². The number of urea groups is 1. The van der Waals surface area contributed by atoms with Gasteiger partial charge in [-0.3, -0.25) is 5.32 Å². The summed E-state index contributed by atoms with van der Waals surface area (Å²) in [4.78, 5) is 32.3. The Labute approximate surface area is 157 Å². The molecule has 7 nitrogen and oxygen atoms in total. The third-order valence-corrected chi connectivity index (χ3v) is 3.21. The van der Waals surface area contributed by atoms with Crippen molar-refractivity contribution in [3.8, 4) is 0 Å². The van der Waals surface area contributed by atoms with Crippen molar-refractivity contribution in [2.75, 3.05) is 5.32 Å². The third kappa shape index (κ3) is 6.22. The molecular formula is C8H8N3Na2O4PS. The third-order valence-electron chi connectivity index (χ3n) is 1.76. The fourth-order valence-electron chi connectivity index (χ4n) is 1.18. The van der Waals surface area contributed by atoms with E-state index in [-0.39, 0.29) is 64.2 Å². The van der Waals surface area contributed by atoms with Gasteiger partial charge < -0.3 is 9.79 Å². The first-order valence-electron chi connectivity index (χ1n) is 4.44. The predicted molar refractivity (Wildman–Crippen MR) is 75.3 cm³/mol. The summed E-state index contributed by atoms with van der Waals surface area (Å²) in [5.41, 5.74) is 0.712. The summed E-state index contributed by atoms with van der Waals surface area (Å²) in [6.45, 7) is 0. The quantitative estimate of drug-likeness (QED) is 0.482. The fourth-order valence-corrected chi connectivity index (χ4v) is 2.36. The van der Waals surface area contributed by atoms with E-state index in [0.717, 1.165) is 4.70 Å². The zero-order valence-corrected chi connectivity index (χ0v) is 16.0. The van der Waals surface area contributed by atoms with Crippen molar-refractivity contribution >= 4 is 99.6 Å². The Morgan fingerprint density at radius 3 is 2.47 bits per heavy atom. The second-order valence-electron chi connectivity index (χ2n) is 3.10. The number of carbonyl (C=O) groups is 1. The minimum Gasteiger partial charge on any atom is -0.308 e. The Bertz CT molecular complexity index is 584. The maximum Gasteiger partial charge on any atom is 0.431 e. The van der Waals surface area contributed by atoms with Gasteiger partial charge in [-0.05, 0) is 12.1 Å². The summed E-state index contributed by atoms with van der Waals surface area (Å²) in [7, 11) is -4.58. The SMILES string of the molecule is O=C(Nc1nc2ccccc2s1)NP(=O)(O)O.[Na].[Na]. The molecule has 0 aliphatic heterocycles. The maximum atomic E-state index is 11.2. The molecule has 1 heterocycles. The molecule has 0 aliphatic carbocycles. The number of aromatic nitrogens is 1. The summed E-state index contributed by atoms with van der Waals surface area (Å²) in [6, 6.07) is 6.26. The average Bonchev–Trinajstić information content (AvgIpc) is 2.55. The summed E-state index contributed by atoms with van der Waals surface area (Å²) in [5, 5.41) is 4.02. The van der Waals surface area contributed by atoms with E-state index in [9.17, 15) is 9.36 Å². The maximum absolute atomic E-state index is 11.2. The number of nitrogens with one attached hydrogen (secondary N) is 2. The second-order valence-corrected chi connectivity index (χ2v) is 5.44. The summed E-state index contributed by atoms with van der Waals surface area (Å²) in [5.74, 6) is 0. The van der Waals surface area contributed by atoms with Gasteiger partial charge >= 0.3 is 13.8 Å². The van der Waals surface area contributed by atoms with Crippen LogP contribution < -0.4 is 10.4 Å². The Morgan fingerprint density at radius 1 is 1.26 bits per heavy atom. The van der Waals surface area contributed by atoms with Crippen molar-refractivity contribution in [1.82, 2.24) is 10.1 Å². The van der Waals surface area contributed by atoms with E-state index < -0.39 is 13.8 Å². The summed E-state index contributed by atoms with van der Waals surface area (Å²) in [6.07, 6.45) is 0. The van der Waals surface area contributed by atoms with Crippen LogP contribution in [0.15, 0.2) is 24.3 Å². The topological polar surface area (TPSA) is 112 Å². The Hall–Kier alpha value is 0.530. The van der Waals surface area contributed by atoms with Crippen LogP contribution in [0.3, 0.4) is 0 Å². The van der Waals surface area contributed by atoms with Crippen LogP contribution in [0.1, 0.15) is 0 Å². The minimum absolute atomic E-state index is 0. The van der Waals surface area contributed by atoms with Gasteiger partial charge in [-0.2, -0.15) is 0 Å². The Morgan fingerprint density at radius 2 is 1.89 bits per heavy atom. The molecule has 2 radical (unpaired) electrons. The molecule has 0 aliphatic rings. The van der Waals surface area contributed by atoms with Gasteiger partial charge in [0.1, 0.15) is 0 Å². The first kappa shape index (κ1) is 19.5. The zero-order valence-electron chi connectivity index (χ0n) is 10.3. The molecule has 0 fully saturated rings. The monoisotopic (exact) mass is 319 g/mol. The standard InChI is InChI=1S/C8H8N3O4PS.2Na/c12-7(11-16(13,14)15)10-8-9-5-3-1-2-4-6(5)17-8;;/h1-4H,(H4,9,10,11,12,13,14,15);;. The number of fused-ring (bicyclic) bond motifs is 1. The van der Waals surface area contributed by atoms with Crippen LogP contribution in [-0.4, -0.2) is 79.9 Å². The molecule has 0 saturated carbocycles. The van der Waals surface area contributed by atoms with Gasteiger partial charge in [-0.1, -0.05) is 23.5 Å². The van der Waals surface area contributed by atoms with E-state index >= 15 is 0 Å². The molecule has 92 valence electrons. The second kappa shape index (κ2) is 8.09. The minimum atomic E-state index is -4.58. The van der Waals surface area contributed by atoms with Crippen molar-refractivity contribution < 1.29 is 19.1 Å². The molecule has 11 heteroatoms. The van der Waals surface area contributed by atoms with E-state index in [2.05, 4.69) is 10.3 Å². The molecule has 2 aromatic rings. The number of anilines is 1. The molecule has 0 atom stereocenters. The van der Waals surface area contributed by atoms with Gasteiger partial charge in [0.05, 0.1) is 10.2 Å². The van der Waals surface area contributed by atoms with Gasteiger partial charge in [-0.25, -0.2) is 19.4 Å². The normalized spacial score (nSPS) is 10.2. The first-order valence-corrected chi connectivity index (χ1v) is 6.87. The van der Waals surface area contributed by atoms with Crippen LogP contribution in [0.2, 0.25) is 0 Å². The van der Waals surface area contributed by atoms with Crippen LogP contribution >= 0.6 is 19.1 Å². The van der Waals surface area contributed by atoms with Gasteiger partial charge in [0, 0.05) is 59.1 Å². The smallest absolute Gasteiger partial charge is 0.308 e. The van der Waals surface area contributed by atoms with E-state index in [4.69, 9.17) is 9.79 Å². The predicted octanol–water partition coefficient (Wildman–Crippen LogP) is 0.749. The molecule has 1 aromatic heterocycles. The number of rotatable bonds is 2. The van der Waals surface area contributed by atoms with Crippen molar-refractivity contribution in [2.45, 2.75) is 0 Å². The molecule has 0 unspecified atom stereocenters. The number of nitrogens with zero attached hydrogens (tertiary/aromatic N) is 1. The largest absolute Gasteiger partial charge is 0.431 e. The fraction of sp³-hybridized carbons (Fsp3) is 0. The van der Waals surface area contributed by atoms with Gasteiger partial charge in [0.15, 0.2) is 5.13 Å². The number of benzene rings is 1. The summed E-state index contributed by atoms with van der Waals surface area (Å²) < 4.78 is 11.4. The number of amides is 2. The van der Waals surface area contributed by atoms with E-state index in [0.29, 0.717) is 5.52 Å². The molecule has 0 spiro atoms. The number of para-hydroxylation sites is 1. The van der Waals surface area contributed by atoms with Crippen LogP contribution in [0.25, 0.3) is 10.2 Å². The number of hydrogen-bond acceptors (Lipinski definition) is 4. The molecule has 19 heavy (non-hydrogen) atoms. The van der Waals surface area contributed by atoms with Gasteiger partial charge in [0.25, 0.3) is 0 Å². The molecule has 2 rings (SSSR count). The van der Waals surface area contributed by atoms with Crippen LogP contribution in [0.5, 0.6) is 0 Å². The average molecular weight is 319 g/mol. The molecule has 0 saturated heterocycles. The van der Waals surface area contributed by atoms with Crippen molar-refractivity contribution in [3.05, 3.63) is 24.3 Å².